The quantitative estimate of drug-likeness (QED) is 0.358. The average Bonchev–Trinajstić information content (AvgIpc) is 3.48. The standard InChI is InChI=1S/C22H17N3O2S2/c1-13(20-23-14-7-3-5-9-18(14)28-20)25(2)22(26)17-12-11-16(27-17)21-24-15-8-4-6-10-19(15)29-21/h3-13H,1-2H3. The Bertz CT molecular complexity index is 1270. The number of furan rings is 1. The van der Waals surface area contributed by atoms with Gasteiger partial charge in [-0.05, 0) is 43.3 Å². The van der Waals surface area contributed by atoms with Gasteiger partial charge in [0.25, 0.3) is 5.91 Å². The van der Waals surface area contributed by atoms with Gasteiger partial charge < -0.3 is 9.32 Å². The molecule has 0 saturated heterocycles. The van der Waals surface area contributed by atoms with Crippen LogP contribution in [0.15, 0.2) is 65.1 Å². The molecular formula is C22H17N3O2S2. The van der Waals surface area contributed by atoms with E-state index in [2.05, 4.69) is 9.97 Å². The molecule has 0 aliphatic carbocycles. The number of aromatic nitrogens is 2. The lowest BCUT2D eigenvalue weighted by Gasteiger charge is -2.22. The van der Waals surface area contributed by atoms with Crippen molar-refractivity contribution in [2.45, 2.75) is 13.0 Å². The summed E-state index contributed by atoms with van der Waals surface area (Å²) >= 11 is 3.16. The van der Waals surface area contributed by atoms with Crippen molar-refractivity contribution in [1.29, 1.82) is 0 Å². The third-order valence-electron chi connectivity index (χ3n) is 4.89. The molecule has 3 heterocycles. The van der Waals surface area contributed by atoms with Crippen molar-refractivity contribution in [3.05, 3.63) is 71.4 Å². The zero-order valence-corrected chi connectivity index (χ0v) is 17.5. The van der Waals surface area contributed by atoms with Gasteiger partial charge in [0.15, 0.2) is 16.5 Å². The third-order valence-corrected chi connectivity index (χ3v) is 7.15. The van der Waals surface area contributed by atoms with Gasteiger partial charge in [-0.25, -0.2) is 9.97 Å². The van der Waals surface area contributed by atoms with E-state index in [9.17, 15) is 4.79 Å². The van der Waals surface area contributed by atoms with Crippen molar-refractivity contribution in [2.24, 2.45) is 0 Å². The highest BCUT2D eigenvalue weighted by molar-refractivity contribution is 7.21. The number of thiazole rings is 2. The summed E-state index contributed by atoms with van der Waals surface area (Å²) in [6, 6.07) is 19.3. The summed E-state index contributed by atoms with van der Waals surface area (Å²) in [5.41, 5.74) is 1.88. The average molecular weight is 420 g/mol. The molecule has 0 spiro atoms. The van der Waals surface area contributed by atoms with E-state index in [1.165, 1.54) is 0 Å². The van der Waals surface area contributed by atoms with E-state index < -0.39 is 0 Å². The number of amides is 1. The number of rotatable bonds is 4. The lowest BCUT2D eigenvalue weighted by molar-refractivity contribution is 0.0711. The molecule has 0 aliphatic heterocycles. The Balaban J connectivity index is 1.39. The minimum absolute atomic E-state index is 0.157. The molecule has 1 amide bonds. The number of hydrogen-bond donors (Lipinski definition) is 0. The summed E-state index contributed by atoms with van der Waals surface area (Å²) in [4.78, 5) is 23.9. The molecule has 3 aromatic heterocycles. The fourth-order valence-electron chi connectivity index (χ4n) is 3.13. The van der Waals surface area contributed by atoms with Gasteiger partial charge in [-0.3, -0.25) is 4.79 Å². The summed E-state index contributed by atoms with van der Waals surface area (Å²) in [6.45, 7) is 1.98. The van der Waals surface area contributed by atoms with Crippen LogP contribution in [0.5, 0.6) is 0 Å². The van der Waals surface area contributed by atoms with E-state index in [1.54, 1.807) is 46.8 Å². The van der Waals surface area contributed by atoms with Crippen molar-refractivity contribution in [3.63, 3.8) is 0 Å². The molecule has 0 aliphatic rings. The Kier molecular flexibility index (Phi) is 4.41. The molecule has 1 unspecified atom stereocenters. The van der Waals surface area contributed by atoms with Crippen LogP contribution in [0.3, 0.4) is 0 Å². The Labute approximate surface area is 175 Å². The summed E-state index contributed by atoms with van der Waals surface area (Å²) in [7, 11) is 1.78. The zero-order chi connectivity index (χ0) is 20.0. The number of carbonyl (C=O) groups excluding carboxylic acids is 1. The Morgan fingerprint density at radius 3 is 2.28 bits per heavy atom. The maximum atomic E-state index is 13.0. The van der Waals surface area contributed by atoms with Gasteiger partial charge in [0, 0.05) is 7.05 Å². The molecule has 144 valence electrons. The van der Waals surface area contributed by atoms with Crippen LogP contribution in [0, 0.1) is 0 Å². The maximum absolute atomic E-state index is 13.0. The lowest BCUT2D eigenvalue weighted by Crippen LogP contribution is -2.29. The number of fused-ring (bicyclic) bond motifs is 2. The first kappa shape index (κ1) is 18.0. The van der Waals surface area contributed by atoms with Crippen molar-refractivity contribution in [2.75, 3.05) is 7.05 Å². The lowest BCUT2D eigenvalue weighted by atomic mass is 10.3. The molecule has 29 heavy (non-hydrogen) atoms. The molecule has 5 nitrogen and oxygen atoms in total. The second kappa shape index (κ2) is 7.09. The maximum Gasteiger partial charge on any atom is 0.289 e. The topological polar surface area (TPSA) is 59.2 Å². The Morgan fingerprint density at radius 2 is 1.59 bits per heavy atom. The number of para-hydroxylation sites is 2. The smallest absolute Gasteiger partial charge is 0.289 e. The van der Waals surface area contributed by atoms with Gasteiger partial charge in [-0.15, -0.1) is 22.7 Å². The van der Waals surface area contributed by atoms with E-state index in [0.29, 0.717) is 11.5 Å². The van der Waals surface area contributed by atoms with E-state index in [1.807, 2.05) is 55.5 Å². The summed E-state index contributed by atoms with van der Waals surface area (Å²) in [5, 5.41) is 1.67. The van der Waals surface area contributed by atoms with E-state index >= 15 is 0 Å². The second-order valence-corrected chi connectivity index (χ2v) is 8.86. The van der Waals surface area contributed by atoms with Gasteiger partial charge in [0.05, 0.1) is 26.5 Å². The first-order valence-corrected chi connectivity index (χ1v) is 10.8. The van der Waals surface area contributed by atoms with E-state index in [-0.39, 0.29) is 11.9 Å². The molecule has 1 atom stereocenters. The molecule has 0 fully saturated rings. The molecule has 7 heteroatoms. The fraction of sp³-hybridized carbons (Fsp3) is 0.136. The van der Waals surface area contributed by atoms with Crippen molar-refractivity contribution < 1.29 is 9.21 Å². The number of carbonyl (C=O) groups is 1. The van der Waals surface area contributed by atoms with Crippen LogP contribution in [-0.4, -0.2) is 27.8 Å². The molecule has 0 bridgehead atoms. The zero-order valence-electron chi connectivity index (χ0n) is 15.8. The molecule has 0 saturated carbocycles. The Hall–Kier alpha value is -3.03. The predicted molar refractivity (Wildman–Crippen MR) is 117 cm³/mol. The van der Waals surface area contributed by atoms with Crippen LogP contribution in [0.1, 0.15) is 28.5 Å². The van der Waals surface area contributed by atoms with Crippen LogP contribution in [0.2, 0.25) is 0 Å². The van der Waals surface area contributed by atoms with E-state index in [4.69, 9.17) is 4.42 Å². The van der Waals surface area contributed by atoms with Crippen LogP contribution in [-0.2, 0) is 0 Å². The highest BCUT2D eigenvalue weighted by Crippen LogP contribution is 2.33. The monoisotopic (exact) mass is 419 g/mol. The van der Waals surface area contributed by atoms with Gasteiger partial charge in [0.1, 0.15) is 5.01 Å². The van der Waals surface area contributed by atoms with Crippen LogP contribution in [0.4, 0.5) is 0 Å². The fourth-order valence-corrected chi connectivity index (χ4v) is 5.12. The van der Waals surface area contributed by atoms with Crippen molar-refractivity contribution in [1.82, 2.24) is 14.9 Å². The minimum atomic E-state index is -0.177. The molecule has 0 radical (unpaired) electrons. The van der Waals surface area contributed by atoms with Crippen LogP contribution >= 0.6 is 22.7 Å². The SMILES string of the molecule is CC(c1nc2ccccc2s1)N(C)C(=O)c1ccc(-c2nc3ccccc3s2)o1. The first-order chi connectivity index (χ1) is 14.1. The summed E-state index contributed by atoms with van der Waals surface area (Å²) in [5.74, 6) is 0.731. The van der Waals surface area contributed by atoms with Gasteiger partial charge in [-0.2, -0.15) is 0 Å². The van der Waals surface area contributed by atoms with Crippen LogP contribution in [0.25, 0.3) is 31.2 Å². The number of benzene rings is 2. The minimum Gasteiger partial charge on any atom is -0.448 e. The predicted octanol–water partition coefficient (Wildman–Crippen LogP) is 6.00. The Morgan fingerprint density at radius 1 is 0.931 bits per heavy atom. The summed E-state index contributed by atoms with van der Waals surface area (Å²) < 4.78 is 8.07. The van der Waals surface area contributed by atoms with Crippen LogP contribution < -0.4 is 0 Å². The second-order valence-electron chi connectivity index (χ2n) is 6.76. The van der Waals surface area contributed by atoms with Crippen molar-refractivity contribution >= 4 is 49.0 Å². The first-order valence-electron chi connectivity index (χ1n) is 9.18. The normalized spacial score (nSPS) is 12.5. The molecule has 5 rings (SSSR count). The largest absolute Gasteiger partial charge is 0.448 e. The highest BCUT2D eigenvalue weighted by Gasteiger charge is 2.24. The third kappa shape index (κ3) is 3.22. The number of hydrogen-bond acceptors (Lipinski definition) is 6. The van der Waals surface area contributed by atoms with Gasteiger partial charge in [-0.1, -0.05) is 24.3 Å². The number of nitrogens with zero attached hydrogens (tertiary/aromatic N) is 3. The van der Waals surface area contributed by atoms with Gasteiger partial charge >= 0.3 is 0 Å². The molecule has 5 aromatic rings. The van der Waals surface area contributed by atoms with Gasteiger partial charge in [0.2, 0.25) is 0 Å². The molecule has 0 N–H and O–H groups in total. The van der Waals surface area contributed by atoms with Crippen molar-refractivity contribution in [3.8, 4) is 10.8 Å². The molecular weight excluding hydrogens is 402 g/mol. The van der Waals surface area contributed by atoms with E-state index in [0.717, 1.165) is 30.4 Å². The summed E-state index contributed by atoms with van der Waals surface area (Å²) in [6.07, 6.45) is 0. The highest BCUT2D eigenvalue weighted by atomic mass is 32.1. The molecule has 2 aromatic carbocycles.